The minimum absolute atomic E-state index is 0.253. The van der Waals surface area contributed by atoms with Crippen molar-refractivity contribution in [2.45, 2.75) is 0 Å². The molecule has 1 amide bonds. The largest absolute Gasteiger partial charge is 0.493 e. The van der Waals surface area contributed by atoms with Crippen molar-refractivity contribution in [2.24, 2.45) is 0 Å². The van der Waals surface area contributed by atoms with Gasteiger partial charge in [-0.1, -0.05) is 11.6 Å². The third-order valence-electron chi connectivity index (χ3n) is 5.31. The number of nitrogens with one attached hydrogen (secondary N) is 1. The molecule has 2 aromatic carbocycles. The van der Waals surface area contributed by atoms with E-state index in [4.69, 9.17) is 33.3 Å². The number of fused-ring (bicyclic) bond motifs is 1. The number of benzene rings is 2. The lowest BCUT2D eigenvalue weighted by atomic mass is 10.2. The number of halogens is 1. The molecule has 0 atom stereocenters. The van der Waals surface area contributed by atoms with E-state index in [2.05, 4.69) is 20.2 Å². The fourth-order valence-corrected chi connectivity index (χ4v) is 3.99. The molecule has 0 unspecified atom stereocenters. The van der Waals surface area contributed by atoms with Crippen LogP contribution in [0.4, 0.5) is 5.82 Å². The van der Waals surface area contributed by atoms with Crippen molar-refractivity contribution in [3.05, 3.63) is 53.3 Å². The Labute approximate surface area is 196 Å². The van der Waals surface area contributed by atoms with Gasteiger partial charge in [0.05, 0.1) is 19.7 Å². The minimum Gasteiger partial charge on any atom is -0.493 e. The van der Waals surface area contributed by atoms with Crippen LogP contribution in [0.3, 0.4) is 0 Å². The van der Waals surface area contributed by atoms with Gasteiger partial charge in [-0.3, -0.25) is 10.1 Å². The molecule has 0 radical (unpaired) electrons. The number of ether oxygens (including phenoxy) is 2. The molecule has 8 nitrogen and oxygen atoms in total. The first-order chi connectivity index (χ1) is 15.5. The van der Waals surface area contributed by atoms with Crippen LogP contribution in [-0.2, 0) is 0 Å². The van der Waals surface area contributed by atoms with Crippen LogP contribution in [0.2, 0.25) is 5.02 Å². The molecule has 3 aromatic rings. The molecule has 0 spiro atoms. The summed E-state index contributed by atoms with van der Waals surface area (Å²) < 4.78 is 10.8. The van der Waals surface area contributed by atoms with Gasteiger partial charge in [0, 0.05) is 48.2 Å². The molecule has 1 aliphatic rings. The van der Waals surface area contributed by atoms with Crippen LogP contribution in [0.25, 0.3) is 10.9 Å². The SMILES string of the molecule is COc1cc2ncnc(N3CCN(C(=S)NC(=O)c4ccc(Cl)cc4)CC3)c2cc1OC. The smallest absolute Gasteiger partial charge is 0.257 e. The summed E-state index contributed by atoms with van der Waals surface area (Å²) in [5, 5.41) is 4.67. The van der Waals surface area contributed by atoms with E-state index in [1.807, 2.05) is 17.0 Å². The van der Waals surface area contributed by atoms with E-state index in [1.54, 1.807) is 44.8 Å². The molecule has 1 aliphatic heterocycles. The quantitative estimate of drug-likeness (QED) is 0.581. The van der Waals surface area contributed by atoms with Crippen molar-refractivity contribution >= 4 is 51.6 Å². The van der Waals surface area contributed by atoms with Crippen LogP contribution in [-0.4, -0.2) is 66.3 Å². The maximum atomic E-state index is 12.4. The predicted octanol–water partition coefficient (Wildman–Crippen LogP) is 3.14. The highest BCUT2D eigenvalue weighted by Gasteiger charge is 2.23. The summed E-state index contributed by atoms with van der Waals surface area (Å²) >= 11 is 11.3. The Morgan fingerprint density at radius 3 is 2.34 bits per heavy atom. The first kappa shape index (κ1) is 22.0. The fourth-order valence-electron chi connectivity index (χ4n) is 3.59. The Hall–Kier alpha value is -3.17. The molecule has 1 aromatic heterocycles. The number of methoxy groups -OCH3 is 2. The summed E-state index contributed by atoms with van der Waals surface area (Å²) in [6.45, 7) is 2.69. The summed E-state index contributed by atoms with van der Waals surface area (Å²) in [6.07, 6.45) is 1.55. The Kier molecular flexibility index (Phi) is 6.57. The van der Waals surface area contributed by atoms with E-state index in [0.29, 0.717) is 53.4 Å². The normalized spacial score (nSPS) is 13.7. The zero-order chi connectivity index (χ0) is 22.7. The zero-order valence-corrected chi connectivity index (χ0v) is 19.2. The third-order valence-corrected chi connectivity index (χ3v) is 5.93. The standard InChI is InChI=1S/C22H22ClN5O3S/c1-30-18-11-16-17(12-19(18)31-2)24-13-25-20(16)27-7-9-28(10-8-27)22(32)26-21(29)14-3-5-15(23)6-4-14/h3-6,11-13H,7-10H2,1-2H3,(H,26,29,32). The van der Waals surface area contributed by atoms with Gasteiger partial charge in [0.2, 0.25) is 0 Å². The van der Waals surface area contributed by atoms with Crippen molar-refractivity contribution in [3.63, 3.8) is 0 Å². The number of piperazine rings is 1. The van der Waals surface area contributed by atoms with Crippen LogP contribution < -0.4 is 19.7 Å². The highest BCUT2D eigenvalue weighted by Crippen LogP contribution is 2.34. The number of carbonyl (C=O) groups is 1. The average molecular weight is 472 g/mol. The van der Waals surface area contributed by atoms with Gasteiger partial charge in [-0.2, -0.15) is 0 Å². The van der Waals surface area contributed by atoms with Gasteiger partial charge >= 0.3 is 0 Å². The molecule has 1 fully saturated rings. The zero-order valence-electron chi connectivity index (χ0n) is 17.7. The number of amides is 1. The number of carbonyl (C=O) groups excluding carboxylic acids is 1. The molecule has 32 heavy (non-hydrogen) atoms. The lowest BCUT2D eigenvalue weighted by Gasteiger charge is -2.37. The van der Waals surface area contributed by atoms with Crippen molar-refractivity contribution in [1.29, 1.82) is 0 Å². The van der Waals surface area contributed by atoms with Crippen LogP contribution in [0, 0.1) is 0 Å². The maximum Gasteiger partial charge on any atom is 0.257 e. The predicted molar refractivity (Wildman–Crippen MR) is 128 cm³/mol. The van der Waals surface area contributed by atoms with E-state index in [1.165, 1.54) is 0 Å². The van der Waals surface area contributed by atoms with Crippen molar-refractivity contribution < 1.29 is 14.3 Å². The molecule has 166 valence electrons. The molecule has 1 N–H and O–H groups in total. The Balaban J connectivity index is 1.44. The minimum atomic E-state index is -0.253. The second kappa shape index (κ2) is 9.54. The van der Waals surface area contributed by atoms with E-state index in [-0.39, 0.29) is 5.91 Å². The molecule has 0 aliphatic carbocycles. The second-order valence-electron chi connectivity index (χ2n) is 7.16. The van der Waals surface area contributed by atoms with Crippen LogP contribution in [0.15, 0.2) is 42.7 Å². The summed E-state index contributed by atoms with van der Waals surface area (Å²) in [5.74, 6) is 1.82. The number of rotatable bonds is 4. The molecular formula is C22H22ClN5O3S. The van der Waals surface area contributed by atoms with Gasteiger partial charge < -0.3 is 19.3 Å². The Morgan fingerprint density at radius 1 is 1.03 bits per heavy atom. The van der Waals surface area contributed by atoms with Gasteiger partial charge in [-0.15, -0.1) is 0 Å². The number of hydrogen-bond acceptors (Lipinski definition) is 7. The fraction of sp³-hybridized carbons (Fsp3) is 0.273. The highest BCUT2D eigenvalue weighted by atomic mass is 35.5. The number of nitrogens with zero attached hydrogens (tertiary/aromatic N) is 4. The van der Waals surface area contributed by atoms with E-state index in [9.17, 15) is 4.79 Å². The van der Waals surface area contributed by atoms with Gasteiger partial charge in [0.25, 0.3) is 5.91 Å². The molecule has 1 saturated heterocycles. The summed E-state index contributed by atoms with van der Waals surface area (Å²) in [5.41, 5.74) is 1.29. The first-order valence-corrected chi connectivity index (χ1v) is 10.8. The van der Waals surface area contributed by atoms with Crippen LogP contribution in [0.1, 0.15) is 10.4 Å². The van der Waals surface area contributed by atoms with Crippen molar-refractivity contribution in [3.8, 4) is 11.5 Å². The van der Waals surface area contributed by atoms with Crippen molar-refractivity contribution in [2.75, 3.05) is 45.3 Å². The molecule has 2 heterocycles. The third kappa shape index (κ3) is 4.53. The second-order valence-corrected chi connectivity index (χ2v) is 7.99. The summed E-state index contributed by atoms with van der Waals surface area (Å²) in [6, 6.07) is 10.4. The van der Waals surface area contributed by atoms with Gasteiger partial charge in [-0.05, 0) is 42.5 Å². The molecule has 0 bridgehead atoms. The highest BCUT2D eigenvalue weighted by molar-refractivity contribution is 7.80. The van der Waals surface area contributed by atoms with Gasteiger partial charge in [-0.25, -0.2) is 9.97 Å². The molecular weight excluding hydrogens is 450 g/mol. The monoisotopic (exact) mass is 471 g/mol. The number of aromatic nitrogens is 2. The number of thiocarbonyl (C=S) groups is 1. The van der Waals surface area contributed by atoms with E-state index < -0.39 is 0 Å². The van der Waals surface area contributed by atoms with Crippen LogP contribution in [0.5, 0.6) is 11.5 Å². The Bertz CT molecular complexity index is 1150. The lowest BCUT2D eigenvalue weighted by Crippen LogP contribution is -2.53. The number of anilines is 1. The molecule has 4 rings (SSSR count). The molecule has 0 saturated carbocycles. The summed E-state index contributed by atoms with van der Waals surface area (Å²) in [4.78, 5) is 25.5. The van der Waals surface area contributed by atoms with Crippen molar-refractivity contribution in [1.82, 2.24) is 20.2 Å². The maximum absolute atomic E-state index is 12.4. The lowest BCUT2D eigenvalue weighted by molar-refractivity contribution is 0.0973. The topological polar surface area (TPSA) is 79.8 Å². The first-order valence-electron chi connectivity index (χ1n) is 9.97. The average Bonchev–Trinajstić information content (AvgIpc) is 2.83. The van der Waals surface area contributed by atoms with E-state index >= 15 is 0 Å². The summed E-state index contributed by atoms with van der Waals surface area (Å²) in [7, 11) is 3.20. The number of hydrogen-bond donors (Lipinski definition) is 1. The van der Waals surface area contributed by atoms with Gasteiger partial charge in [0.15, 0.2) is 16.6 Å². The van der Waals surface area contributed by atoms with Crippen LogP contribution >= 0.6 is 23.8 Å². The van der Waals surface area contributed by atoms with Gasteiger partial charge in [0.1, 0.15) is 12.1 Å². The Morgan fingerprint density at radius 2 is 1.69 bits per heavy atom. The van der Waals surface area contributed by atoms with E-state index in [0.717, 1.165) is 16.7 Å². The molecule has 10 heteroatoms.